The number of rotatable bonds is 4. The second-order valence-corrected chi connectivity index (χ2v) is 2.20. The van der Waals surface area contributed by atoms with Crippen LogP contribution in [0.1, 0.15) is 13.3 Å². The van der Waals surface area contributed by atoms with Gasteiger partial charge in [-0.25, -0.2) is 0 Å². The maximum absolute atomic E-state index is 10.7. The first-order valence-electron chi connectivity index (χ1n) is 3.30. The number of aliphatic hydroxyl groups is 1. The molecule has 64 valence electrons. The Kier molecular flexibility index (Phi) is 4.21. The Morgan fingerprint density at radius 3 is 2.55 bits per heavy atom. The standard InChI is InChI=1S/C6H13N3O2/c1-4(10)5(11)2-3-9-6(7)8/h4,10H,2-3H2,1H3,(H4,7,8,9). The van der Waals surface area contributed by atoms with E-state index < -0.39 is 6.10 Å². The van der Waals surface area contributed by atoms with Crippen molar-refractivity contribution in [1.29, 1.82) is 0 Å². The van der Waals surface area contributed by atoms with Crippen LogP contribution in [0.15, 0.2) is 4.99 Å². The van der Waals surface area contributed by atoms with Gasteiger partial charge in [0.15, 0.2) is 11.7 Å². The highest BCUT2D eigenvalue weighted by molar-refractivity contribution is 5.83. The van der Waals surface area contributed by atoms with Gasteiger partial charge in [0.25, 0.3) is 0 Å². The van der Waals surface area contributed by atoms with Gasteiger partial charge in [0.05, 0.1) is 0 Å². The van der Waals surface area contributed by atoms with Crippen LogP contribution in [0.5, 0.6) is 0 Å². The van der Waals surface area contributed by atoms with Gasteiger partial charge in [0.1, 0.15) is 6.10 Å². The maximum atomic E-state index is 10.7. The van der Waals surface area contributed by atoms with Crippen LogP contribution in [-0.2, 0) is 4.79 Å². The van der Waals surface area contributed by atoms with Gasteiger partial charge in [-0.1, -0.05) is 0 Å². The van der Waals surface area contributed by atoms with Crippen LogP contribution in [0.4, 0.5) is 0 Å². The van der Waals surface area contributed by atoms with Crippen LogP contribution >= 0.6 is 0 Å². The van der Waals surface area contributed by atoms with Crippen molar-refractivity contribution in [3.8, 4) is 0 Å². The highest BCUT2D eigenvalue weighted by Crippen LogP contribution is 1.90. The van der Waals surface area contributed by atoms with E-state index in [9.17, 15) is 4.79 Å². The first-order valence-corrected chi connectivity index (χ1v) is 3.30. The summed E-state index contributed by atoms with van der Waals surface area (Å²) in [6, 6.07) is 0. The van der Waals surface area contributed by atoms with Gasteiger partial charge in [0.2, 0.25) is 0 Å². The number of hydrogen-bond donors (Lipinski definition) is 3. The molecule has 0 rings (SSSR count). The molecular formula is C6H13N3O2. The van der Waals surface area contributed by atoms with E-state index >= 15 is 0 Å². The number of Topliss-reactive ketones (excluding diaryl/α,β-unsaturated/α-hetero) is 1. The number of carbonyl (C=O) groups excluding carboxylic acids is 1. The number of guanidine groups is 1. The average molecular weight is 159 g/mol. The molecule has 1 atom stereocenters. The molecule has 1 unspecified atom stereocenters. The lowest BCUT2D eigenvalue weighted by Crippen LogP contribution is -2.24. The van der Waals surface area contributed by atoms with Crippen LogP contribution in [0.3, 0.4) is 0 Å². The van der Waals surface area contributed by atoms with Gasteiger partial charge in [-0.15, -0.1) is 0 Å². The fraction of sp³-hybridized carbons (Fsp3) is 0.667. The monoisotopic (exact) mass is 159 g/mol. The molecule has 0 aliphatic carbocycles. The van der Waals surface area contributed by atoms with Crippen molar-refractivity contribution >= 4 is 11.7 Å². The molecule has 0 heterocycles. The van der Waals surface area contributed by atoms with Crippen LogP contribution in [-0.4, -0.2) is 29.5 Å². The Hall–Kier alpha value is -1.10. The zero-order chi connectivity index (χ0) is 8.85. The van der Waals surface area contributed by atoms with Gasteiger partial charge in [0, 0.05) is 13.0 Å². The Morgan fingerprint density at radius 2 is 2.18 bits per heavy atom. The van der Waals surface area contributed by atoms with Crippen molar-refractivity contribution in [3.63, 3.8) is 0 Å². The number of ketones is 1. The summed E-state index contributed by atoms with van der Waals surface area (Å²) in [6.45, 7) is 1.66. The lowest BCUT2D eigenvalue weighted by atomic mass is 10.2. The van der Waals surface area contributed by atoms with Crippen molar-refractivity contribution in [3.05, 3.63) is 0 Å². The van der Waals surface area contributed by atoms with E-state index in [1.165, 1.54) is 6.92 Å². The predicted octanol–water partition coefficient (Wildman–Crippen LogP) is -1.40. The largest absolute Gasteiger partial charge is 0.386 e. The lowest BCUT2D eigenvalue weighted by molar-refractivity contribution is -0.126. The number of nitrogens with two attached hydrogens (primary N) is 2. The van der Waals surface area contributed by atoms with E-state index in [-0.39, 0.29) is 24.7 Å². The first kappa shape index (κ1) is 9.90. The summed E-state index contributed by atoms with van der Waals surface area (Å²) < 4.78 is 0. The molecule has 0 aromatic carbocycles. The molecule has 0 aliphatic heterocycles. The number of nitrogens with zero attached hydrogens (tertiary/aromatic N) is 1. The summed E-state index contributed by atoms with van der Waals surface area (Å²) in [5.41, 5.74) is 10.0. The predicted molar refractivity (Wildman–Crippen MR) is 42.0 cm³/mol. The third-order valence-electron chi connectivity index (χ3n) is 1.12. The number of hydrogen-bond acceptors (Lipinski definition) is 3. The summed E-state index contributed by atoms with van der Waals surface area (Å²) in [5.74, 6) is -0.293. The van der Waals surface area contributed by atoms with E-state index in [0.717, 1.165) is 0 Å². The zero-order valence-electron chi connectivity index (χ0n) is 6.45. The van der Waals surface area contributed by atoms with Gasteiger partial charge in [-0.05, 0) is 6.92 Å². The smallest absolute Gasteiger partial charge is 0.185 e. The van der Waals surface area contributed by atoms with Gasteiger partial charge in [-0.2, -0.15) is 0 Å². The zero-order valence-corrected chi connectivity index (χ0v) is 6.45. The molecule has 0 amide bonds. The van der Waals surface area contributed by atoms with E-state index in [4.69, 9.17) is 16.6 Å². The number of aliphatic imine (C=N–C) groups is 1. The molecule has 0 saturated heterocycles. The van der Waals surface area contributed by atoms with Gasteiger partial charge >= 0.3 is 0 Å². The Morgan fingerprint density at radius 1 is 1.64 bits per heavy atom. The Balaban J connectivity index is 3.56. The molecule has 0 radical (unpaired) electrons. The van der Waals surface area contributed by atoms with Crippen LogP contribution in [0.2, 0.25) is 0 Å². The quantitative estimate of drug-likeness (QED) is 0.347. The molecule has 5 heteroatoms. The normalized spacial score (nSPS) is 12.2. The SMILES string of the molecule is CC(O)C(=O)CCN=C(N)N. The number of carbonyl (C=O) groups is 1. The van der Waals surface area contributed by atoms with Gasteiger partial charge < -0.3 is 16.6 Å². The van der Waals surface area contributed by atoms with Crippen LogP contribution < -0.4 is 11.5 Å². The summed E-state index contributed by atoms with van der Waals surface area (Å²) >= 11 is 0. The fourth-order valence-corrected chi connectivity index (χ4v) is 0.504. The number of aliphatic hydroxyl groups excluding tert-OH is 1. The minimum absolute atomic E-state index is 0.0385. The Labute approximate surface area is 65.1 Å². The molecule has 0 spiro atoms. The second kappa shape index (κ2) is 4.68. The van der Waals surface area contributed by atoms with Crippen molar-refractivity contribution < 1.29 is 9.90 Å². The average Bonchev–Trinajstić information content (AvgIpc) is 1.86. The maximum Gasteiger partial charge on any atom is 0.185 e. The molecule has 0 aromatic rings. The van der Waals surface area contributed by atoms with Crippen molar-refractivity contribution in [2.24, 2.45) is 16.5 Å². The topological polar surface area (TPSA) is 102 Å². The lowest BCUT2D eigenvalue weighted by Gasteiger charge is -1.99. The minimum Gasteiger partial charge on any atom is -0.386 e. The third kappa shape index (κ3) is 5.35. The van der Waals surface area contributed by atoms with Crippen molar-refractivity contribution in [1.82, 2.24) is 0 Å². The molecule has 0 bridgehead atoms. The van der Waals surface area contributed by atoms with Crippen LogP contribution in [0.25, 0.3) is 0 Å². The molecule has 0 fully saturated rings. The van der Waals surface area contributed by atoms with E-state index in [1.54, 1.807) is 0 Å². The third-order valence-corrected chi connectivity index (χ3v) is 1.12. The summed E-state index contributed by atoms with van der Waals surface area (Å²) in [6.07, 6.45) is -0.751. The van der Waals surface area contributed by atoms with E-state index in [1.807, 2.05) is 0 Å². The highest BCUT2D eigenvalue weighted by atomic mass is 16.3. The highest BCUT2D eigenvalue weighted by Gasteiger charge is 2.06. The molecule has 0 aromatic heterocycles. The van der Waals surface area contributed by atoms with E-state index in [0.29, 0.717) is 0 Å². The second-order valence-electron chi connectivity index (χ2n) is 2.20. The van der Waals surface area contributed by atoms with E-state index in [2.05, 4.69) is 4.99 Å². The molecule has 11 heavy (non-hydrogen) atoms. The first-order chi connectivity index (χ1) is 5.04. The van der Waals surface area contributed by atoms with Crippen molar-refractivity contribution in [2.45, 2.75) is 19.4 Å². The van der Waals surface area contributed by atoms with Crippen LogP contribution in [0, 0.1) is 0 Å². The Bertz CT molecular complexity index is 161. The summed E-state index contributed by atoms with van der Waals surface area (Å²) in [5, 5.41) is 8.73. The summed E-state index contributed by atoms with van der Waals surface area (Å²) in [7, 11) is 0. The van der Waals surface area contributed by atoms with Gasteiger partial charge in [-0.3, -0.25) is 9.79 Å². The van der Waals surface area contributed by atoms with Crippen molar-refractivity contribution in [2.75, 3.05) is 6.54 Å². The molecular weight excluding hydrogens is 146 g/mol. The molecule has 0 saturated carbocycles. The molecule has 5 nitrogen and oxygen atoms in total. The fourth-order valence-electron chi connectivity index (χ4n) is 0.504. The molecule has 5 N–H and O–H groups in total. The molecule has 0 aliphatic rings. The minimum atomic E-state index is -0.927. The summed E-state index contributed by atoms with van der Waals surface area (Å²) in [4.78, 5) is 14.3.